The van der Waals surface area contributed by atoms with Crippen LogP contribution in [-0.2, 0) is 0 Å². The number of halogens is 2. The van der Waals surface area contributed by atoms with Crippen molar-refractivity contribution in [1.82, 2.24) is 0 Å². The van der Waals surface area contributed by atoms with Crippen molar-refractivity contribution in [3.05, 3.63) is 53.7 Å². The average Bonchev–Trinajstić information content (AvgIpc) is 1.98. The van der Waals surface area contributed by atoms with Crippen LogP contribution in [0.25, 0.3) is 0 Å². The zero-order valence-corrected chi connectivity index (χ0v) is 6.61. The first-order valence-electron chi connectivity index (χ1n) is 3.15. The van der Waals surface area contributed by atoms with Gasteiger partial charge in [-0.05, 0) is 17.7 Å². The number of benzene rings is 1. The quantitative estimate of drug-likeness (QED) is 0.638. The van der Waals surface area contributed by atoms with Crippen molar-refractivity contribution in [2.24, 2.45) is 0 Å². The summed E-state index contributed by atoms with van der Waals surface area (Å²) in [4.78, 5) is 0. The van der Waals surface area contributed by atoms with Gasteiger partial charge in [-0.25, -0.2) is 4.39 Å². The van der Waals surface area contributed by atoms with Crippen LogP contribution in [0.5, 0.6) is 0 Å². The molecular weight excluding hydrogens is 163 g/mol. The van der Waals surface area contributed by atoms with Gasteiger partial charge >= 0.3 is 0 Å². The fraction of sp³-hybridized carbons (Fsp3) is 0. The molecule has 0 aliphatic heterocycles. The Bertz CT molecular complexity index is 268. The molecule has 0 aliphatic rings. The minimum atomic E-state index is -0.395. The first kappa shape index (κ1) is 8.28. The number of hydrogen-bond donors (Lipinski definition) is 0. The van der Waals surface area contributed by atoms with E-state index in [-0.39, 0.29) is 5.02 Å². The molecule has 0 N–H and O–H groups in total. The Balaban J connectivity index is 2.95. The number of allylic oxidation sites excluding steroid dienone is 1. The highest BCUT2D eigenvalue weighted by Crippen LogP contribution is 2.16. The molecule has 1 aromatic carbocycles. The van der Waals surface area contributed by atoms with Gasteiger partial charge in [0.15, 0.2) is 0 Å². The molecule has 0 nitrogen and oxygen atoms in total. The van der Waals surface area contributed by atoms with E-state index in [2.05, 4.69) is 6.58 Å². The summed E-state index contributed by atoms with van der Waals surface area (Å²) in [6, 6.07) is 4.53. The van der Waals surface area contributed by atoms with Crippen LogP contribution in [0, 0.1) is 12.2 Å². The fourth-order valence-electron chi connectivity index (χ4n) is 0.752. The Morgan fingerprint density at radius 1 is 1.45 bits per heavy atom. The van der Waals surface area contributed by atoms with Gasteiger partial charge in [-0.2, -0.15) is 0 Å². The summed E-state index contributed by atoms with van der Waals surface area (Å²) in [6.45, 7) is 3.52. The molecule has 0 spiro atoms. The lowest BCUT2D eigenvalue weighted by atomic mass is 10.1. The lowest BCUT2D eigenvalue weighted by molar-refractivity contribution is 0.628. The maximum Gasteiger partial charge on any atom is 0.141 e. The van der Waals surface area contributed by atoms with Crippen LogP contribution in [0.4, 0.5) is 4.39 Å². The fourth-order valence-corrected chi connectivity index (χ4v) is 0.941. The zero-order valence-electron chi connectivity index (χ0n) is 5.85. The van der Waals surface area contributed by atoms with Gasteiger partial charge < -0.3 is 0 Å². The highest BCUT2D eigenvalue weighted by molar-refractivity contribution is 6.30. The molecule has 0 aliphatic carbocycles. The summed E-state index contributed by atoms with van der Waals surface area (Å²) < 4.78 is 12.6. The standard InChI is InChI=1S/C9H7ClF/c1-2-3-7-4-5-9(11)8(10)6-7/h2-6H,1H2. The minimum Gasteiger partial charge on any atom is -0.205 e. The van der Waals surface area contributed by atoms with Crippen LogP contribution in [0.1, 0.15) is 5.56 Å². The number of rotatable bonds is 2. The maximum absolute atomic E-state index is 12.6. The van der Waals surface area contributed by atoms with E-state index in [1.54, 1.807) is 24.6 Å². The van der Waals surface area contributed by atoms with E-state index < -0.39 is 5.82 Å². The monoisotopic (exact) mass is 169 g/mol. The highest BCUT2D eigenvalue weighted by Gasteiger charge is 1.98. The van der Waals surface area contributed by atoms with Gasteiger partial charge in [0, 0.05) is 6.42 Å². The summed E-state index contributed by atoms with van der Waals surface area (Å²) in [5.74, 6) is -0.395. The predicted molar refractivity (Wildman–Crippen MR) is 45.0 cm³/mol. The molecule has 0 atom stereocenters. The van der Waals surface area contributed by atoms with E-state index in [0.717, 1.165) is 5.56 Å². The normalized spacial score (nSPS) is 9.64. The van der Waals surface area contributed by atoms with Crippen LogP contribution in [0.2, 0.25) is 5.02 Å². The molecule has 57 valence electrons. The molecule has 0 saturated heterocycles. The van der Waals surface area contributed by atoms with E-state index in [1.807, 2.05) is 0 Å². The molecule has 1 rings (SSSR count). The molecule has 1 aromatic rings. The largest absolute Gasteiger partial charge is 0.205 e. The van der Waals surface area contributed by atoms with Gasteiger partial charge in [-0.3, -0.25) is 0 Å². The Hall–Kier alpha value is -0.820. The summed E-state index contributed by atoms with van der Waals surface area (Å²) in [7, 11) is 0. The summed E-state index contributed by atoms with van der Waals surface area (Å²) in [5.41, 5.74) is 0.853. The van der Waals surface area contributed by atoms with E-state index in [4.69, 9.17) is 11.6 Å². The van der Waals surface area contributed by atoms with Gasteiger partial charge in [0.25, 0.3) is 0 Å². The van der Waals surface area contributed by atoms with E-state index in [1.165, 1.54) is 6.07 Å². The molecule has 0 amide bonds. The predicted octanol–water partition coefficient (Wildman–Crippen LogP) is 3.22. The first-order valence-corrected chi connectivity index (χ1v) is 3.52. The second kappa shape index (κ2) is 3.54. The van der Waals surface area contributed by atoms with Crippen molar-refractivity contribution in [2.45, 2.75) is 0 Å². The third-order valence-electron chi connectivity index (χ3n) is 1.25. The van der Waals surface area contributed by atoms with Crippen molar-refractivity contribution in [3.8, 4) is 0 Å². The van der Waals surface area contributed by atoms with Crippen LogP contribution in [0.15, 0.2) is 30.9 Å². The van der Waals surface area contributed by atoms with Crippen molar-refractivity contribution in [3.63, 3.8) is 0 Å². The molecule has 0 saturated carbocycles. The first-order chi connectivity index (χ1) is 5.24. The molecule has 11 heavy (non-hydrogen) atoms. The smallest absolute Gasteiger partial charge is 0.141 e. The zero-order chi connectivity index (χ0) is 8.27. The lowest BCUT2D eigenvalue weighted by Crippen LogP contribution is -1.80. The number of hydrogen-bond acceptors (Lipinski definition) is 0. The van der Waals surface area contributed by atoms with Gasteiger partial charge in [0.1, 0.15) is 5.82 Å². The lowest BCUT2D eigenvalue weighted by Gasteiger charge is -1.97. The van der Waals surface area contributed by atoms with Crippen LogP contribution >= 0.6 is 11.6 Å². The minimum absolute atomic E-state index is 0.139. The molecule has 0 bridgehead atoms. The van der Waals surface area contributed by atoms with Crippen LogP contribution in [0.3, 0.4) is 0 Å². The van der Waals surface area contributed by atoms with Gasteiger partial charge in [0.2, 0.25) is 0 Å². The summed E-state index contributed by atoms with van der Waals surface area (Å²) in [6.07, 6.45) is 3.38. The van der Waals surface area contributed by atoms with Crippen molar-refractivity contribution >= 4 is 11.6 Å². The third kappa shape index (κ3) is 2.05. The molecule has 2 heteroatoms. The molecule has 0 fully saturated rings. The molecule has 0 aromatic heterocycles. The molecule has 1 radical (unpaired) electrons. The van der Waals surface area contributed by atoms with Gasteiger partial charge in [-0.15, -0.1) is 6.58 Å². The Morgan fingerprint density at radius 3 is 2.73 bits per heavy atom. The van der Waals surface area contributed by atoms with E-state index in [9.17, 15) is 4.39 Å². The molecule has 0 unspecified atom stereocenters. The summed E-state index contributed by atoms with van der Waals surface area (Å²) >= 11 is 5.52. The van der Waals surface area contributed by atoms with Gasteiger partial charge in [-0.1, -0.05) is 23.7 Å². The van der Waals surface area contributed by atoms with Crippen molar-refractivity contribution in [2.75, 3.05) is 0 Å². The van der Waals surface area contributed by atoms with Crippen molar-refractivity contribution in [1.29, 1.82) is 0 Å². The molecule has 0 heterocycles. The Morgan fingerprint density at radius 2 is 2.18 bits per heavy atom. The van der Waals surface area contributed by atoms with Gasteiger partial charge in [0.05, 0.1) is 5.02 Å². The SMILES string of the molecule is C=C[CH]c1ccc(F)c(Cl)c1. The second-order valence-corrected chi connectivity index (χ2v) is 2.48. The second-order valence-electron chi connectivity index (χ2n) is 2.08. The van der Waals surface area contributed by atoms with Crippen molar-refractivity contribution < 1.29 is 4.39 Å². The topological polar surface area (TPSA) is 0 Å². The van der Waals surface area contributed by atoms with Crippen LogP contribution < -0.4 is 0 Å². The summed E-state index contributed by atoms with van der Waals surface area (Å²) in [5, 5.41) is 0.139. The highest BCUT2D eigenvalue weighted by atomic mass is 35.5. The molecular formula is C9H7ClF. The Labute approximate surface area is 70.3 Å². The van der Waals surface area contributed by atoms with E-state index in [0.29, 0.717) is 0 Å². The maximum atomic E-state index is 12.6. The van der Waals surface area contributed by atoms with Crippen LogP contribution in [-0.4, -0.2) is 0 Å². The van der Waals surface area contributed by atoms with E-state index >= 15 is 0 Å². The third-order valence-corrected chi connectivity index (χ3v) is 1.54. The Kier molecular flexibility index (Phi) is 2.66. The average molecular weight is 170 g/mol.